The normalized spacial score (nSPS) is 15.9. The van der Waals surface area contributed by atoms with Gasteiger partial charge in [-0.15, -0.1) is 11.3 Å². The van der Waals surface area contributed by atoms with Crippen molar-refractivity contribution in [2.24, 2.45) is 5.92 Å². The van der Waals surface area contributed by atoms with Crippen molar-refractivity contribution in [2.75, 3.05) is 0 Å². The Kier molecular flexibility index (Phi) is 3.67. The van der Waals surface area contributed by atoms with Crippen LogP contribution in [0.1, 0.15) is 37.9 Å². The van der Waals surface area contributed by atoms with Crippen molar-refractivity contribution < 1.29 is 5.11 Å². The van der Waals surface area contributed by atoms with E-state index < -0.39 is 5.60 Å². The third kappa shape index (κ3) is 2.55. The van der Waals surface area contributed by atoms with Gasteiger partial charge in [-0.2, -0.15) is 0 Å². The van der Waals surface area contributed by atoms with Crippen LogP contribution in [0.3, 0.4) is 0 Å². The quantitative estimate of drug-likeness (QED) is 0.834. The molecule has 0 radical (unpaired) electrons. The summed E-state index contributed by atoms with van der Waals surface area (Å²) in [6.07, 6.45) is 1.46. The van der Waals surface area contributed by atoms with Gasteiger partial charge in [0, 0.05) is 17.5 Å². The summed E-state index contributed by atoms with van der Waals surface area (Å²) >= 11 is 1.64. The first kappa shape index (κ1) is 11.7. The fourth-order valence-electron chi connectivity index (χ4n) is 1.48. The molecular weight excluding hydrogens is 194 g/mol. The SMILES string of the molecule is CCC(O)(Cc1nc(C)cs1)C(C)C. The Morgan fingerprint density at radius 2 is 2.21 bits per heavy atom. The molecule has 3 heteroatoms. The van der Waals surface area contributed by atoms with Crippen LogP contribution in [-0.2, 0) is 6.42 Å². The lowest BCUT2D eigenvalue weighted by molar-refractivity contribution is -0.00833. The van der Waals surface area contributed by atoms with Crippen LogP contribution in [0.4, 0.5) is 0 Å². The maximum Gasteiger partial charge on any atom is 0.0956 e. The second-order valence-corrected chi connectivity index (χ2v) is 5.11. The molecule has 0 aliphatic rings. The molecular formula is C11H19NOS. The highest BCUT2D eigenvalue weighted by Gasteiger charge is 2.30. The minimum absolute atomic E-state index is 0.275. The molecule has 0 saturated carbocycles. The van der Waals surface area contributed by atoms with E-state index in [0.29, 0.717) is 6.42 Å². The first-order valence-electron chi connectivity index (χ1n) is 5.11. The maximum atomic E-state index is 10.3. The number of aryl methyl sites for hydroxylation is 1. The van der Waals surface area contributed by atoms with Gasteiger partial charge in [0.1, 0.15) is 0 Å². The Bertz CT molecular complexity index is 295. The number of hydrogen-bond donors (Lipinski definition) is 1. The molecule has 0 spiro atoms. The van der Waals surface area contributed by atoms with Crippen LogP contribution in [0.5, 0.6) is 0 Å². The summed E-state index contributed by atoms with van der Waals surface area (Å²) in [5.41, 5.74) is 0.455. The fraction of sp³-hybridized carbons (Fsp3) is 0.727. The first-order valence-corrected chi connectivity index (χ1v) is 5.99. The molecule has 1 unspecified atom stereocenters. The van der Waals surface area contributed by atoms with Crippen molar-refractivity contribution in [3.05, 3.63) is 16.1 Å². The van der Waals surface area contributed by atoms with Gasteiger partial charge >= 0.3 is 0 Å². The second kappa shape index (κ2) is 4.41. The number of rotatable bonds is 4. The highest BCUT2D eigenvalue weighted by atomic mass is 32.1. The Morgan fingerprint density at radius 3 is 2.57 bits per heavy atom. The molecule has 0 aliphatic carbocycles. The molecule has 1 aromatic heterocycles. The number of nitrogens with zero attached hydrogens (tertiary/aromatic N) is 1. The molecule has 1 atom stereocenters. The van der Waals surface area contributed by atoms with Gasteiger partial charge in [-0.05, 0) is 19.3 Å². The van der Waals surface area contributed by atoms with Crippen LogP contribution >= 0.6 is 11.3 Å². The molecule has 1 aromatic rings. The second-order valence-electron chi connectivity index (χ2n) is 4.17. The monoisotopic (exact) mass is 213 g/mol. The predicted molar refractivity (Wildman–Crippen MR) is 60.6 cm³/mol. The molecule has 1 rings (SSSR count). The van der Waals surface area contributed by atoms with Crippen LogP contribution < -0.4 is 0 Å². The van der Waals surface area contributed by atoms with E-state index in [0.717, 1.165) is 17.1 Å². The Labute approximate surface area is 90.0 Å². The van der Waals surface area contributed by atoms with Crippen molar-refractivity contribution in [2.45, 2.75) is 46.1 Å². The van der Waals surface area contributed by atoms with E-state index in [9.17, 15) is 5.11 Å². The third-order valence-electron chi connectivity index (χ3n) is 2.81. The largest absolute Gasteiger partial charge is 0.389 e. The van der Waals surface area contributed by atoms with E-state index in [1.54, 1.807) is 11.3 Å². The van der Waals surface area contributed by atoms with Crippen molar-refractivity contribution >= 4 is 11.3 Å². The standard InChI is InChI=1S/C11H19NOS/c1-5-11(13,8(2)3)6-10-12-9(4)7-14-10/h7-8,13H,5-6H2,1-4H3. The predicted octanol–water partition coefficient (Wildman–Crippen LogP) is 2.79. The van der Waals surface area contributed by atoms with Crippen LogP contribution in [0, 0.1) is 12.8 Å². The third-order valence-corrected chi connectivity index (χ3v) is 3.78. The molecule has 1 heterocycles. The molecule has 0 fully saturated rings. The molecule has 0 bridgehead atoms. The fourth-order valence-corrected chi connectivity index (χ4v) is 2.37. The molecule has 0 aliphatic heterocycles. The molecule has 0 saturated heterocycles. The van der Waals surface area contributed by atoms with Gasteiger partial charge in [0.2, 0.25) is 0 Å². The smallest absolute Gasteiger partial charge is 0.0956 e. The molecule has 0 aromatic carbocycles. The summed E-state index contributed by atoms with van der Waals surface area (Å²) in [4.78, 5) is 4.38. The lowest BCUT2D eigenvalue weighted by Crippen LogP contribution is -2.36. The van der Waals surface area contributed by atoms with Gasteiger partial charge in [-0.1, -0.05) is 20.8 Å². The molecule has 1 N–H and O–H groups in total. The van der Waals surface area contributed by atoms with Gasteiger partial charge < -0.3 is 5.11 Å². The van der Waals surface area contributed by atoms with Gasteiger partial charge in [-0.3, -0.25) is 0 Å². The molecule has 14 heavy (non-hydrogen) atoms. The summed E-state index contributed by atoms with van der Waals surface area (Å²) in [5, 5.41) is 13.4. The minimum atomic E-state index is -0.593. The number of aliphatic hydroxyl groups is 1. The van der Waals surface area contributed by atoms with E-state index in [2.05, 4.69) is 18.8 Å². The van der Waals surface area contributed by atoms with Gasteiger partial charge in [0.05, 0.1) is 10.6 Å². The zero-order valence-corrected chi connectivity index (χ0v) is 10.2. The van der Waals surface area contributed by atoms with Gasteiger partial charge in [0.15, 0.2) is 0 Å². The molecule has 80 valence electrons. The average Bonchev–Trinajstić information content (AvgIpc) is 2.50. The van der Waals surface area contributed by atoms with E-state index in [4.69, 9.17) is 0 Å². The number of thiazole rings is 1. The molecule has 2 nitrogen and oxygen atoms in total. The van der Waals surface area contributed by atoms with E-state index in [1.165, 1.54) is 0 Å². The highest BCUT2D eigenvalue weighted by molar-refractivity contribution is 7.09. The van der Waals surface area contributed by atoms with Gasteiger partial charge in [0.25, 0.3) is 0 Å². The number of aromatic nitrogens is 1. The van der Waals surface area contributed by atoms with Crippen molar-refractivity contribution in [3.63, 3.8) is 0 Å². The summed E-state index contributed by atoms with van der Waals surface area (Å²) in [5.74, 6) is 0.275. The van der Waals surface area contributed by atoms with Crippen LogP contribution in [0.2, 0.25) is 0 Å². The van der Waals surface area contributed by atoms with Gasteiger partial charge in [-0.25, -0.2) is 4.98 Å². The lowest BCUT2D eigenvalue weighted by atomic mass is 9.85. The average molecular weight is 213 g/mol. The minimum Gasteiger partial charge on any atom is -0.389 e. The Hall–Kier alpha value is -0.410. The Morgan fingerprint density at radius 1 is 1.57 bits per heavy atom. The van der Waals surface area contributed by atoms with Crippen LogP contribution in [0.25, 0.3) is 0 Å². The van der Waals surface area contributed by atoms with E-state index in [-0.39, 0.29) is 5.92 Å². The Balaban J connectivity index is 2.75. The topological polar surface area (TPSA) is 33.1 Å². The maximum absolute atomic E-state index is 10.3. The van der Waals surface area contributed by atoms with Crippen molar-refractivity contribution in [3.8, 4) is 0 Å². The summed E-state index contributed by atoms with van der Waals surface area (Å²) < 4.78 is 0. The first-order chi connectivity index (χ1) is 6.48. The van der Waals surface area contributed by atoms with Crippen molar-refractivity contribution in [1.82, 2.24) is 4.98 Å². The zero-order chi connectivity index (χ0) is 10.8. The van der Waals surface area contributed by atoms with Crippen LogP contribution in [0.15, 0.2) is 5.38 Å². The summed E-state index contributed by atoms with van der Waals surface area (Å²) in [7, 11) is 0. The van der Waals surface area contributed by atoms with Crippen LogP contribution in [-0.4, -0.2) is 15.7 Å². The zero-order valence-electron chi connectivity index (χ0n) is 9.37. The highest BCUT2D eigenvalue weighted by Crippen LogP contribution is 2.26. The summed E-state index contributed by atoms with van der Waals surface area (Å²) in [6.45, 7) is 8.13. The van der Waals surface area contributed by atoms with Crippen molar-refractivity contribution in [1.29, 1.82) is 0 Å². The lowest BCUT2D eigenvalue weighted by Gasteiger charge is -2.30. The summed E-state index contributed by atoms with van der Waals surface area (Å²) in [6, 6.07) is 0. The van der Waals surface area contributed by atoms with E-state index >= 15 is 0 Å². The van der Waals surface area contributed by atoms with E-state index in [1.807, 2.05) is 19.2 Å². The number of hydrogen-bond acceptors (Lipinski definition) is 3. The molecule has 0 amide bonds.